The first kappa shape index (κ1) is 16.5. The number of halogens is 1. The summed E-state index contributed by atoms with van der Waals surface area (Å²) in [6.45, 7) is 3.49. The molecule has 1 aromatic carbocycles. The van der Waals surface area contributed by atoms with Gasteiger partial charge in [0.05, 0.1) is 17.9 Å². The lowest BCUT2D eigenvalue weighted by molar-refractivity contribution is -0.127. The summed E-state index contributed by atoms with van der Waals surface area (Å²) < 4.78 is 15.9. The Bertz CT molecular complexity index is 954. The van der Waals surface area contributed by atoms with Gasteiger partial charge in [-0.25, -0.2) is 9.37 Å². The zero-order valence-corrected chi connectivity index (χ0v) is 14.5. The van der Waals surface area contributed by atoms with Crippen molar-refractivity contribution >= 4 is 17.4 Å². The third-order valence-corrected chi connectivity index (χ3v) is 4.57. The standard InChI is InChI=1S/C19H20FN5O/c1-2-9-24-12-13(10-19(24)26)22-18-11-16(14-5-3-4-6-15(14)20)23-17-7-8-21-25(17)18/h3-8,11,13,22H,2,9-10,12H2,1H3/t13-/m1/s1. The van der Waals surface area contributed by atoms with Gasteiger partial charge in [0.25, 0.3) is 0 Å². The van der Waals surface area contributed by atoms with Crippen molar-refractivity contribution in [2.75, 3.05) is 18.4 Å². The van der Waals surface area contributed by atoms with Crippen LogP contribution in [0, 0.1) is 5.82 Å². The smallest absolute Gasteiger partial charge is 0.224 e. The number of carbonyl (C=O) groups is 1. The Hall–Kier alpha value is -2.96. The molecule has 0 saturated carbocycles. The molecule has 3 aromatic rings. The second-order valence-corrected chi connectivity index (χ2v) is 6.49. The number of benzene rings is 1. The van der Waals surface area contributed by atoms with Gasteiger partial charge in [0.1, 0.15) is 11.6 Å². The highest BCUT2D eigenvalue weighted by Gasteiger charge is 2.29. The average molecular weight is 353 g/mol. The van der Waals surface area contributed by atoms with Crippen LogP contribution in [0.5, 0.6) is 0 Å². The van der Waals surface area contributed by atoms with Crippen LogP contribution in [-0.2, 0) is 4.79 Å². The Morgan fingerprint density at radius 3 is 2.96 bits per heavy atom. The Morgan fingerprint density at radius 1 is 1.31 bits per heavy atom. The number of nitrogens with zero attached hydrogens (tertiary/aromatic N) is 4. The molecular formula is C19H20FN5O. The quantitative estimate of drug-likeness (QED) is 0.766. The van der Waals surface area contributed by atoms with Crippen molar-refractivity contribution in [3.8, 4) is 11.3 Å². The summed E-state index contributed by atoms with van der Waals surface area (Å²) in [5.74, 6) is 0.541. The molecule has 6 nitrogen and oxygen atoms in total. The molecule has 26 heavy (non-hydrogen) atoms. The third kappa shape index (κ3) is 3.00. The minimum Gasteiger partial charge on any atom is -0.365 e. The van der Waals surface area contributed by atoms with Crippen LogP contribution < -0.4 is 5.32 Å². The number of anilines is 1. The van der Waals surface area contributed by atoms with Crippen LogP contribution in [0.15, 0.2) is 42.6 Å². The maximum absolute atomic E-state index is 14.2. The fourth-order valence-corrected chi connectivity index (χ4v) is 3.39. The molecule has 7 heteroatoms. The predicted molar refractivity (Wildman–Crippen MR) is 97.3 cm³/mol. The maximum Gasteiger partial charge on any atom is 0.224 e. The molecule has 0 unspecified atom stereocenters. The lowest BCUT2D eigenvalue weighted by Crippen LogP contribution is -2.29. The minimum atomic E-state index is -0.319. The summed E-state index contributed by atoms with van der Waals surface area (Å²) in [6.07, 6.45) is 3.04. The number of aromatic nitrogens is 3. The van der Waals surface area contributed by atoms with Gasteiger partial charge in [-0.05, 0) is 18.6 Å². The summed E-state index contributed by atoms with van der Waals surface area (Å²) in [6, 6.07) is 10.1. The molecule has 3 heterocycles. The Labute approximate surface area is 150 Å². The Morgan fingerprint density at radius 2 is 2.15 bits per heavy atom. The van der Waals surface area contributed by atoms with Crippen molar-refractivity contribution in [3.63, 3.8) is 0 Å². The number of amides is 1. The topological polar surface area (TPSA) is 62.5 Å². The van der Waals surface area contributed by atoms with E-state index in [-0.39, 0.29) is 17.8 Å². The van der Waals surface area contributed by atoms with E-state index in [0.29, 0.717) is 35.7 Å². The molecule has 1 fully saturated rings. The van der Waals surface area contributed by atoms with Gasteiger partial charge in [-0.15, -0.1) is 0 Å². The fraction of sp³-hybridized carbons (Fsp3) is 0.316. The van der Waals surface area contributed by atoms with Gasteiger partial charge in [-0.1, -0.05) is 19.1 Å². The number of nitrogens with one attached hydrogen (secondary N) is 1. The number of fused-ring (bicyclic) bond motifs is 1. The highest BCUT2D eigenvalue weighted by molar-refractivity contribution is 5.80. The average Bonchev–Trinajstić information content (AvgIpc) is 3.22. The van der Waals surface area contributed by atoms with Gasteiger partial charge >= 0.3 is 0 Å². The second-order valence-electron chi connectivity index (χ2n) is 6.49. The van der Waals surface area contributed by atoms with E-state index in [1.54, 1.807) is 41.0 Å². The molecule has 0 spiro atoms. The fourth-order valence-electron chi connectivity index (χ4n) is 3.39. The van der Waals surface area contributed by atoms with E-state index in [9.17, 15) is 9.18 Å². The zero-order valence-electron chi connectivity index (χ0n) is 14.5. The number of carbonyl (C=O) groups excluding carboxylic acids is 1. The number of rotatable bonds is 5. The van der Waals surface area contributed by atoms with Crippen molar-refractivity contribution in [2.45, 2.75) is 25.8 Å². The van der Waals surface area contributed by atoms with E-state index >= 15 is 0 Å². The highest BCUT2D eigenvalue weighted by Crippen LogP contribution is 2.26. The molecule has 2 aromatic heterocycles. The van der Waals surface area contributed by atoms with Crippen LogP contribution in [0.1, 0.15) is 19.8 Å². The highest BCUT2D eigenvalue weighted by atomic mass is 19.1. The van der Waals surface area contributed by atoms with Crippen LogP contribution in [0.2, 0.25) is 0 Å². The molecule has 4 rings (SSSR count). The van der Waals surface area contributed by atoms with Crippen molar-refractivity contribution in [3.05, 3.63) is 48.4 Å². The summed E-state index contributed by atoms with van der Waals surface area (Å²) in [4.78, 5) is 18.5. The number of hydrogen-bond donors (Lipinski definition) is 1. The molecular weight excluding hydrogens is 333 g/mol. The van der Waals surface area contributed by atoms with Gasteiger partial charge in [0.15, 0.2) is 5.65 Å². The van der Waals surface area contributed by atoms with Gasteiger partial charge < -0.3 is 10.2 Å². The van der Waals surface area contributed by atoms with E-state index < -0.39 is 0 Å². The molecule has 0 aliphatic carbocycles. The first-order chi connectivity index (χ1) is 12.7. The zero-order chi connectivity index (χ0) is 18.1. The molecule has 1 saturated heterocycles. The minimum absolute atomic E-state index is 0.00248. The Balaban J connectivity index is 1.68. The van der Waals surface area contributed by atoms with Crippen molar-refractivity contribution in [1.29, 1.82) is 0 Å². The summed E-state index contributed by atoms with van der Waals surface area (Å²) in [7, 11) is 0. The monoisotopic (exact) mass is 353 g/mol. The second kappa shape index (κ2) is 6.74. The molecule has 1 amide bonds. The molecule has 1 atom stereocenters. The third-order valence-electron chi connectivity index (χ3n) is 4.57. The summed E-state index contributed by atoms with van der Waals surface area (Å²) in [5.41, 5.74) is 1.60. The maximum atomic E-state index is 14.2. The van der Waals surface area contributed by atoms with Gasteiger partial charge in [-0.2, -0.15) is 9.61 Å². The lowest BCUT2D eigenvalue weighted by Gasteiger charge is -2.17. The van der Waals surface area contributed by atoms with Crippen LogP contribution >= 0.6 is 0 Å². The summed E-state index contributed by atoms with van der Waals surface area (Å²) in [5, 5.41) is 7.69. The van der Waals surface area contributed by atoms with Gasteiger partial charge in [0.2, 0.25) is 5.91 Å². The SMILES string of the molecule is CCCN1C[C@H](Nc2cc(-c3ccccc3F)nc3ccnn23)CC1=O. The van der Waals surface area contributed by atoms with Crippen molar-refractivity contribution < 1.29 is 9.18 Å². The van der Waals surface area contributed by atoms with Crippen LogP contribution in [0.3, 0.4) is 0 Å². The number of likely N-dealkylation sites (tertiary alicyclic amines) is 1. The molecule has 0 bridgehead atoms. The van der Waals surface area contributed by atoms with Crippen molar-refractivity contribution in [1.82, 2.24) is 19.5 Å². The molecule has 1 N–H and O–H groups in total. The first-order valence-electron chi connectivity index (χ1n) is 8.79. The van der Waals surface area contributed by atoms with Crippen LogP contribution in [0.25, 0.3) is 16.9 Å². The molecule has 0 radical (unpaired) electrons. The number of hydrogen-bond acceptors (Lipinski definition) is 4. The van der Waals surface area contributed by atoms with Crippen LogP contribution in [0.4, 0.5) is 10.2 Å². The van der Waals surface area contributed by atoms with Crippen LogP contribution in [-0.4, -0.2) is 44.5 Å². The first-order valence-corrected chi connectivity index (χ1v) is 8.79. The van der Waals surface area contributed by atoms with E-state index in [1.165, 1.54) is 6.07 Å². The predicted octanol–water partition coefficient (Wildman–Crippen LogP) is 2.96. The normalized spacial score (nSPS) is 17.2. The lowest BCUT2D eigenvalue weighted by atomic mass is 10.1. The van der Waals surface area contributed by atoms with E-state index in [2.05, 4.69) is 22.3 Å². The van der Waals surface area contributed by atoms with E-state index in [0.717, 1.165) is 13.0 Å². The largest absolute Gasteiger partial charge is 0.365 e. The molecule has 134 valence electrons. The van der Waals surface area contributed by atoms with Gasteiger partial charge in [-0.3, -0.25) is 4.79 Å². The van der Waals surface area contributed by atoms with E-state index in [1.807, 2.05) is 4.90 Å². The van der Waals surface area contributed by atoms with Crippen molar-refractivity contribution in [2.24, 2.45) is 0 Å². The summed E-state index contributed by atoms with van der Waals surface area (Å²) >= 11 is 0. The molecule has 1 aliphatic rings. The van der Waals surface area contributed by atoms with E-state index in [4.69, 9.17) is 0 Å². The Kier molecular flexibility index (Phi) is 4.28. The molecule has 1 aliphatic heterocycles. The van der Waals surface area contributed by atoms with Gasteiger partial charge in [0, 0.05) is 37.2 Å².